The van der Waals surface area contributed by atoms with E-state index in [9.17, 15) is 0 Å². The highest BCUT2D eigenvalue weighted by atomic mass is 16.3. The predicted octanol–water partition coefficient (Wildman–Crippen LogP) is 6.76. The third kappa shape index (κ3) is 3.00. The highest BCUT2D eigenvalue weighted by Crippen LogP contribution is 2.32. The van der Waals surface area contributed by atoms with E-state index >= 15 is 0 Å². The van der Waals surface area contributed by atoms with Crippen molar-refractivity contribution in [3.8, 4) is 0 Å². The molecule has 0 aliphatic heterocycles. The average Bonchev–Trinajstić information content (AvgIpc) is 2.93. The second-order valence-corrected chi connectivity index (χ2v) is 5.77. The number of furan rings is 1. The summed E-state index contributed by atoms with van der Waals surface area (Å²) in [4.78, 5) is 0. The van der Waals surface area contributed by atoms with Crippen LogP contribution < -0.4 is 0 Å². The van der Waals surface area contributed by atoms with Crippen LogP contribution in [-0.2, 0) is 0 Å². The zero-order valence-corrected chi connectivity index (χ0v) is 13.9. The zero-order chi connectivity index (χ0) is 16.2. The number of fused-ring (bicyclic) bond motifs is 3. The minimum atomic E-state index is 0.359. The Bertz CT molecular complexity index is 906. The van der Waals surface area contributed by atoms with Gasteiger partial charge in [-0.25, -0.2) is 0 Å². The van der Waals surface area contributed by atoms with Crippen LogP contribution in [0.2, 0.25) is 0 Å². The van der Waals surface area contributed by atoms with Crippen molar-refractivity contribution in [1.82, 2.24) is 0 Å². The fourth-order valence-corrected chi connectivity index (χ4v) is 3.01. The van der Waals surface area contributed by atoms with Gasteiger partial charge in [0, 0.05) is 10.8 Å². The van der Waals surface area contributed by atoms with Gasteiger partial charge in [0.05, 0.1) is 0 Å². The van der Waals surface area contributed by atoms with Crippen LogP contribution in [-0.4, -0.2) is 0 Å². The van der Waals surface area contributed by atoms with Crippen molar-refractivity contribution >= 4 is 27.5 Å². The number of hydrogen-bond donors (Lipinski definition) is 0. The SMILES string of the molecule is CC=CC(C)/C(=C\C=C/C)c1ccc2c(c1)oc1ccccc12. The first-order valence-electron chi connectivity index (χ1n) is 8.12. The highest BCUT2D eigenvalue weighted by molar-refractivity contribution is 6.05. The molecule has 2 aromatic carbocycles. The van der Waals surface area contributed by atoms with E-state index < -0.39 is 0 Å². The first kappa shape index (κ1) is 15.4. The Labute approximate surface area is 137 Å². The molecular formula is C22H22O. The minimum absolute atomic E-state index is 0.359. The summed E-state index contributed by atoms with van der Waals surface area (Å²) in [7, 11) is 0. The summed E-state index contributed by atoms with van der Waals surface area (Å²) < 4.78 is 6.02. The molecule has 0 fully saturated rings. The molecule has 0 N–H and O–H groups in total. The molecule has 0 aliphatic carbocycles. The Morgan fingerprint density at radius 1 is 0.957 bits per heavy atom. The van der Waals surface area contributed by atoms with Crippen molar-refractivity contribution in [1.29, 1.82) is 0 Å². The molecule has 3 rings (SSSR count). The molecule has 1 unspecified atom stereocenters. The molecule has 0 saturated carbocycles. The summed E-state index contributed by atoms with van der Waals surface area (Å²) in [5.74, 6) is 0.359. The first-order chi connectivity index (χ1) is 11.2. The minimum Gasteiger partial charge on any atom is -0.456 e. The lowest BCUT2D eigenvalue weighted by Crippen LogP contribution is -1.95. The smallest absolute Gasteiger partial charge is 0.136 e. The maximum absolute atomic E-state index is 6.02. The summed E-state index contributed by atoms with van der Waals surface area (Å²) in [6, 6.07) is 14.7. The van der Waals surface area contributed by atoms with E-state index in [2.05, 4.69) is 74.6 Å². The van der Waals surface area contributed by atoms with E-state index in [1.54, 1.807) is 0 Å². The molecular weight excluding hydrogens is 280 g/mol. The second kappa shape index (κ2) is 6.70. The Morgan fingerprint density at radius 2 is 1.74 bits per heavy atom. The third-order valence-electron chi connectivity index (χ3n) is 4.15. The topological polar surface area (TPSA) is 13.1 Å². The maximum Gasteiger partial charge on any atom is 0.136 e. The van der Waals surface area contributed by atoms with Crippen LogP contribution >= 0.6 is 0 Å². The lowest BCUT2D eigenvalue weighted by Gasteiger charge is -2.12. The van der Waals surface area contributed by atoms with E-state index in [0.29, 0.717) is 5.92 Å². The molecule has 1 nitrogen and oxygen atoms in total. The molecule has 1 heterocycles. The number of allylic oxidation sites excluding steroid dienone is 6. The van der Waals surface area contributed by atoms with Gasteiger partial charge < -0.3 is 4.42 Å². The molecule has 0 saturated heterocycles. The summed E-state index contributed by atoms with van der Waals surface area (Å²) >= 11 is 0. The van der Waals surface area contributed by atoms with Crippen LogP contribution in [0, 0.1) is 5.92 Å². The van der Waals surface area contributed by atoms with E-state index in [0.717, 1.165) is 11.2 Å². The normalized spacial score (nSPS) is 14.5. The summed E-state index contributed by atoms with van der Waals surface area (Å²) in [5, 5.41) is 2.35. The molecule has 0 amide bonds. The fourth-order valence-electron chi connectivity index (χ4n) is 3.01. The Balaban J connectivity index is 2.15. The predicted molar refractivity (Wildman–Crippen MR) is 100 cm³/mol. The molecule has 0 radical (unpaired) electrons. The van der Waals surface area contributed by atoms with Crippen LogP contribution in [0.5, 0.6) is 0 Å². The lowest BCUT2D eigenvalue weighted by atomic mass is 9.92. The molecule has 1 aromatic heterocycles. The van der Waals surface area contributed by atoms with E-state index in [-0.39, 0.29) is 0 Å². The summed E-state index contributed by atoms with van der Waals surface area (Å²) in [6.45, 7) is 6.32. The van der Waals surface area contributed by atoms with E-state index in [4.69, 9.17) is 4.42 Å². The number of para-hydroxylation sites is 1. The quantitative estimate of drug-likeness (QED) is 0.383. The molecule has 0 bridgehead atoms. The lowest BCUT2D eigenvalue weighted by molar-refractivity contribution is 0.668. The Morgan fingerprint density at radius 3 is 2.52 bits per heavy atom. The van der Waals surface area contributed by atoms with Gasteiger partial charge in [0.25, 0.3) is 0 Å². The van der Waals surface area contributed by atoms with Gasteiger partial charge in [-0.05, 0) is 49.1 Å². The highest BCUT2D eigenvalue weighted by Gasteiger charge is 2.11. The Hall–Kier alpha value is -2.54. The van der Waals surface area contributed by atoms with Crippen LogP contribution in [0.25, 0.3) is 27.5 Å². The number of benzene rings is 2. The van der Waals surface area contributed by atoms with Crippen molar-refractivity contribution in [2.24, 2.45) is 5.92 Å². The van der Waals surface area contributed by atoms with Crippen LogP contribution in [0.1, 0.15) is 26.3 Å². The molecule has 23 heavy (non-hydrogen) atoms. The number of rotatable bonds is 4. The third-order valence-corrected chi connectivity index (χ3v) is 4.15. The van der Waals surface area contributed by atoms with Crippen LogP contribution in [0.15, 0.2) is 77.3 Å². The van der Waals surface area contributed by atoms with Gasteiger partial charge in [0.2, 0.25) is 0 Å². The molecule has 116 valence electrons. The number of hydrogen-bond acceptors (Lipinski definition) is 1. The largest absolute Gasteiger partial charge is 0.456 e. The van der Waals surface area contributed by atoms with Gasteiger partial charge in [-0.2, -0.15) is 0 Å². The Kier molecular flexibility index (Phi) is 4.47. The van der Waals surface area contributed by atoms with Gasteiger partial charge >= 0.3 is 0 Å². The van der Waals surface area contributed by atoms with E-state index in [1.807, 2.05) is 19.1 Å². The monoisotopic (exact) mass is 302 g/mol. The van der Waals surface area contributed by atoms with Crippen molar-refractivity contribution in [3.05, 3.63) is 78.4 Å². The first-order valence-corrected chi connectivity index (χ1v) is 8.12. The van der Waals surface area contributed by atoms with Gasteiger partial charge in [-0.3, -0.25) is 0 Å². The van der Waals surface area contributed by atoms with Crippen LogP contribution in [0.4, 0.5) is 0 Å². The van der Waals surface area contributed by atoms with Crippen LogP contribution in [0.3, 0.4) is 0 Å². The van der Waals surface area contributed by atoms with Crippen molar-refractivity contribution in [3.63, 3.8) is 0 Å². The second-order valence-electron chi connectivity index (χ2n) is 5.77. The van der Waals surface area contributed by atoms with Crippen molar-refractivity contribution < 1.29 is 4.42 Å². The molecule has 1 atom stereocenters. The van der Waals surface area contributed by atoms with Gasteiger partial charge in [0.15, 0.2) is 0 Å². The van der Waals surface area contributed by atoms with Gasteiger partial charge in [-0.1, -0.05) is 61.6 Å². The average molecular weight is 302 g/mol. The molecule has 3 aromatic rings. The van der Waals surface area contributed by atoms with Gasteiger partial charge in [0.1, 0.15) is 11.2 Å². The van der Waals surface area contributed by atoms with E-state index in [1.165, 1.54) is 21.9 Å². The van der Waals surface area contributed by atoms with Crippen molar-refractivity contribution in [2.75, 3.05) is 0 Å². The zero-order valence-electron chi connectivity index (χ0n) is 13.9. The standard InChI is InChI=1S/C22H22O/c1-4-6-10-18(16(3)9-5-2)17-13-14-20-19-11-7-8-12-21(19)23-22(20)15-17/h4-16H,1-3H3/b6-4-,9-5?,18-10+. The molecule has 0 aliphatic rings. The fraction of sp³-hybridized carbons (Fsp3) is 0.182. The molecule has 0 spiro atoms. The molecule has 1 heteroatoms. The van der Waals surface area contributed by atoms with Gasteiger partial charge in [-0.15, -0.1) is 0 Å². The summed E-state index contributed by atoms with van der Waals surface area (Å²) in [5.41, 5.74) is 4.40. The maximum atomic E-state index is 6.02. The van der Waals surface area contributed by atoms with Crippen molar-refractivity contribution in [2.45, 2.75) is 20.8 Å². The summed E-state index contributed by atoms with van der Waals surface area (Å²) in [6.07, 6.45) is 10.7.